The Morgan fingerprint density at radius 2 is 2.05 bits per heavy atom. The van der Waals surface area contributed by atoms with E-state index in [2.05, 4.69) is 21.2 Å². The molecule has 0 atom stereocenters. The summed E-state index contributed by atoms with van der Waals surface area (Å²) in [7, 11) is 0. The molecule has 7 heteroatoms. The topological polar surface area (TPSA) is 34.0 Å². The van der Waals surface area contributed by atoms with Crippen LogP contribution in [0.2, 0.25) is 0 Å². The van der Waals surface area contributed by atoms with Gasteiger partial charge < -0.3 is 9.88 Å². The largest absolute Gasteiger partial charge is 0.343 e. The number of halogens is 3. The van der Waals surface area contributed by atoms with E-state index in [1.54, 1.807) is 30.3 Å². The standard InChI is InChI=1S/C14H13BrF2N2OS/c1-2-19-8-9(15)7-12(19)13(20)18-10-3-5-11(6-4-10)21-14(16)17/h3-8,14H,2H2,1H3,(H,18,20). The number of hydrogen-bond donors (Lipinski definition) is 1. The molecule has 1 amide bonds. The molecule has 0 fully saturated rings. The lowest BCUT2D eigenvalue weighted by molar-refractivity contribution is 0.101. The van der Waals surface area contributed by atoms with Crippen LogP contribution in [0.1, 0.15) is 17.4 Å². The second-order valence-electron chi connectivity index (χ2n) is 4.19. The van der Waals surface area contributed by atoms with E-state index in [4.69, 9.17) is 0 Å². The predicted octanol–water partition coefficient (Wildman–Crippen LogP) is 4.84. The second-order valence-corrected chi connectivity index (χ2v) is 6.17. The molecule has 0 radical (unpaired) electrons. The lowest BCUT2D eigenvalue weighted by Crippen LogP contribution is -2.16. The third-order valence-electron chi connectivity index (χ3n) is 2.77. The van der Waals surface area contributed by atoms with E-state index in [0.717, 1.165) is 4.47 Å². The van der Waals surface area contributed by atoms with Crippen LogP contribution in [0.4, 0.5) is 14.5 Å². The predicted molar refractivity (Wildman–Crippen MR) is 84.1 cm³/mol. The average molecular weight is 375 g/mol. The molecule has 1 N–H and O–H groups in total. The number of amides is 1. The molecular weight excluding hydrogens is 362 g/mol. The van der Waals surface area contributed by atoms with E-state index in [-0.39, 0.29) is 5.91 Å². The zero-order valence-electron chi connectivity index (χ0n) is 11.1. The summed E-state index contributed by atoms with van der Waals surface area (Å²) in [6.45, 7) is 2.62. The molecule has 0 saturated heterocycles. The van der Waals surface area contributed by atoms with Gasteiger partial charge in [0.15, 0.2) is 0 Å². The summed E-state index contributed by atoms with van der Waals surface area (Å²) in [6.07, 6.45) is 1.83. The molecule has 21 heavy (non-hydrogen) atoms. The van der Waals surface area contributed by atoms with Crippen LogP contribution in [-0.4, -0.2) is 16.2 Å². The number of alkyl halides is 2. The first-order chi connectivity index (χ1) is 9.99. The van der Waals surface area contributed by atoms with Crippen molar-refractivity contribution in [3.8, 4) is 0 Å². The Labute approximate surface area is 133 Å². The van der Waals surface area contributed by atoms with E-state index in [1.165, 1.54) is 0 Å². The van der Waals surface area contributed by atoms with Crippen molar-refractivity contribution in [2.45, 2.75) is 24.1 Å². The Bertz CT molecular complexity index is 628. The number of thioether (sulfide) groups is 1. The number of aryl methyl sites for hydroxylation is 1. The fourth-order valence-corrected chi connectivity index (χ4v) is 2.80. The molecule has 0 spiro atoms. The molecular formula is C14H13BrF2N2OS. The Hall–Kier alpha value is -1.34. The van der Waals surface area contributed by atoms with Crippen molar-refractivity contribution in [3.63, 3.8) is 0 Å². The van der Waals surface area contributed by atoms with Gasteiger partial charge in [0.25, 0.3) is 11.7 Å². The SMILES string of the molecule is CCn1cc(Br)cc1C(=O)Nc1ccc(SC(F)F)cc1. The number of benzene rings is 1. The molecule has 0 aliphatic heterocycles. The summed E-state index contributed by atoms with van der Waals surface area (Å²) < 4.78 is 27.1. The number of anilines is 1. The highest BCUT2D eigenvalue weighted by Gasteiger charge is 2.12. The molecule has 1 aromatic carbocycles. The molecule has 112 valence electrons. The highest BCUT2D eigenvalue weighted by atomic mass is 79.9. The van der Waals surface area contributed by atoms with Crippen LogP contribution in [0.15, 0.2) is 45.9 Å². The van der Waals surface area contributed by atoms with Crippen molar-refractivity contribution in [2.75, 3.05) is 5.32 Å². The Morgan fingerprint density at radius 1 is 1.38 bits per heavy atom. The molecule has 0 unspecified atom stereocenters. The van der Waals surface area contributed by atoms with Gasteiger partial charge >= 0.3 is 0 Å². The number of rotatable bonds is 5. The fraction of sp³-hybridized carbons (Fsp3) is 0.214. The minimum Gasteiger partial charge on any atom is -0.343 e. The minimum atomic E-state index is -2.45. The van der Waals surface area contributed by atoms with Gasteiger partial charge in [-0.25, -0.2) is 0 Å². The van der Waals surface area contributed by atoms with Gasteiger partial charge in [0, 0.05) is 27.8 Å². The number of carbonyl (C=O) groups is 1. The van der Waals surface area contributed by atoms with Gasteiger partial charge in [0.2, 0.25) is 0 Å². The Balaban J connectivity index is 2.08. The van der Waals surface area contributed by atoms with E-state index < -0.39 is 5.76 Å². The van der Waals surface area contributed by atoms with Crippen molar-refractivity contribution in [2.24, 2.45) is 0 Å². The number of carbonyl (C=O) groups excluding carboxylic acids is 1. The van der Waals surface area contributed by atoms with Gasteiger partial charge in [-0.15, -0.1) is 0 Å². The first kappa shape index (κ1) is 16.0. The summed E-state index contributed by atoms with van der Waals surface area (Å²) in [4.78, 5) is 12.7. The van der Waals surface area contributed by atoms with E-state index in [9.17, 15) is 13.6 Å². The van der Waals surface area contributed by atoms with Crippen molar-refractivity contribution in [3.05, 3.63) is 46.7 Å². The van der Waals surface area contributed by atoms with Crippen LogP contribution in [-0.2, 0) is 6.54 Å². The van der Waals surface area contributed by atoms with Crippen LogP contribution < -0.4 is 5.32 Å². The summed E-state index contributed by atoms with van der Waals surface area (Å²) in [6, 6.07) is 8.07. The zero-order chi connectivity index (χ0) is 15.4. The maximum Gasteiger partial charge on any atom is 0.288 e. The Morgan fingerprint density at radius 3 is 2.62 bits per heavy atom. The summed E-state index contributed by atoms with van der Waals surface area (Å²) >= 11 is 3.81. The smallest absolute Gasteiger partial charge is 0.288 e. The van der Waals surface area contributed by atoms with Crippen molar-refractivity contribution < 1.29 is 13.6 Å². The van der Waals surface area contributed by atoms with Gasteiger partial charge in [0.05, 0.1) is 0 Å². The van der Waals surface area contributed by atoms with E-state index in [1.807, 2.05) is 17.7 Å². The average Bonchev–Trinajstić information content (AvgIpc) is 2.82. The molecule has 0 aliphatic carbocycles. The highest BCUT2D eigenvalue weighted by Crippen LogP contribution is 2.26. The molecule has 1 aromatic heterocycles. The van der Waals surface area contributed by atoms with Gasteiger partial charge in [-0.05, 0) is 53.2 Å². The number of nitrogens with one attached hydrogen (secondary N) is 1. The van der Waals surface area contributed by atoms with E-state index in [0.29, 0.717) is 34.6 Å². The highest BCUT2D eigenvalue weighted by molar-refractivity contribution is 9.10. The van der Waals surface area contributed by atoms with Gasteiger partial charge in [-0.3, -0.25) is 4.79 Å². The van der Waals surface area contributed by atoms with Crippen molar-refractivity contribution >= 4 is 39.3 Å². The Kier molecular flexibility index (Phi) is 5.41. The first-order valence-corrected chi connectivity index (χ1v) is 7.88. The zero-order valence-corrected chi connectivity index (χ0v) is 13.5. The minimum absolute atomic E-state index is 0.239. The summed E-state index contributed by atoms with van der Waals surface area (Å²) in [5, 5.41) is 2.75. The third kappa shape index (κ3) is 4.31. The normalized spacial score (nSPS) is 10.9. The lowest BCUT2D eigenvalue weighted by Gasteiger charge is -2.08. The quantitative estimate of drug-likeness (QED) is 0.759. The molecule has 3 nitrogen and oxygen atoms in total. The number of aromatic nitrogens is 1. The van der Waals surface area contributed by atoms with Crippen LogP contribution in [0.5, 0.6) is 0 Å². The van der Waals surface area contributed by atoms with Gasteiger partial charge in [0.1, 0.15) is 5.69 Å². The van der Waals surface area contributed by atoms with Gasteiger partial charge in [-0.1, -0.05) is 11.8 Å². The first-order valence-electron chi connectivity index (χ1n) is 6.21. The van der Waals surface area contributed by atoms with Crippen LogP contribution >= 0.6 is 27.7 Å². The maximum absolute atomic E-state index is 12.2. The van der Waals surface area contributed by atoms with Crippen molar-refractivity contribution in [1.82, 2.24) is 4.57 Å². The maximum atomic E-state index is 12.2. The second kappa shape index (κ2) is 7.09. The van der Waals surface area contributed by atoms with Crippen molar-refractivity contribution in [1.29, 1.82) is 0 Å². The number of hydrogen-bond acceptors (Lipinski definition) is 2. The van der Waals surface area contributed by atoms with E-state index >= 15 is 0 Å². The monoisotopic (exact) mass is 374 g/mol. The lowest BCUT2D eigenvalue weighted by atomic mass is 10.3. The molecule has 2 rings (SSSR count). The molecule has 0 bridgehead atoms. The van der Waals surface area contributed by atoms with Crippen LogP contribution in [0.25, 0.3) is 0 Å². The molecule has 0 aliphatic rings. The molecule has 1 heterocycles. The fourth-order valence-electron chi connectivity index (χ4n) is 1.84. The molecule has 2 aromatic rings. The third-order valence-corrected chi connectivity index (χ3v) is 3.93. The van der Waals surface area contributed by atoms with Crippen LogP contribution in [0.3, 0.4) is 0 Å². The van der Waals surface area contributed by atoms with Gasteiger partial charge in [-0.2, -0.15) is 8.78 Å². The summed E-state index contributed by atoms with van der Waals surface area (Å²) in [5.74, 6) is -2.69. The number of nitrogens with zero attached hydrogens (tertiary/aromatic N) is 1. The summed E-state index contributed by atoms with van der Waals surface area (Å²) in [5.41, 5.74) is 1.11. The molecule has 0 saturated carbocycles. The van der Waals surface area contributed by atoms with Crippen LogP contribution in [0, 0.1) is 0 Å².